The van der Waals surface area contributed by atoms with Gasteiger partial charge in [-0.25, -0.2) is 13.1 Å². The summed E-state index contributed by atoms with van der Waals surface area (Å²) in [6, 6.07) is 0.968. The fraction of sp³-hybridized carbons (Fsp3) is 0.500. The Morgan fingerprint density at radius 1 is 1.52 bits per heavy atom. The van der Waals surface area contributed by atoms with Gasteiger partial charge in [-0.2, -0.15) is 0 Å². The van der Waals surface area contributed by atoms with Crippen molar-refractivity contribution in [3.8, 4) is 0 Å². The van der Waals surface area contributed by atoms with Crippen molar-refractivity contribution in [3.05, 3.63) is 16.2 Å². The molecule has 0 bridgehead atoms. The number of carbonyl (C=O) groups is 1. The zero-order valence-electron chi connectivity index (χ0n) is 11.7. The van der Waals surface area contributed by atoms with E-state index in [0.717, 1.165) is 17.4 Å². The van der Waals surface area contributed by atoms with Crippen LogP contribution in [0.3, 0.4) is 0 Å². The number of sulfonamides is 1. The van der Waals surface area contributed by atoms with Crippen LogP contribution in [-0.2, 0) is 14.8 Å². The second kappa shape index (κ2) is 5.95. The number of nitrogens with zero attached hydrogens (tertiary/aromatic N) is 1. The minimum absolute atomic E-state index is 0.134. The van der Waals surface area contributed by atoms with E-state index in [2.05, 4.69) is 10.0 Å². The molecule has 0 atom stereocenters. The summed E-state index contributed by atoms with van der Waals surface area (Å²) in [6.45, 7) is 2.78. The van der Waals surface area contributed by atoms with Crippen molar-refractivity contribution in [2.24, 2.45) is 11.1 Å². The molecule has 0 spiro atoms. The van der Waals surface area contributed by atoms with Gasteiger partial charge in [0.1, 0.15) is 4.21 Å². The topological polar surface area (TPSA) is 144 Å². The van der Waals surface area contributed by atoms with Crippen LogP contribution >= 0.6 is 11.3 Å². The van der Waals surface area contributed by atoms with Gasteiger partial charge in [-0.3, -0.25) is 14.9 Å². The van der Waals surface area contributed by atoms with E-state index in [4.69, 9.17) is 5.73 Å². The number of hydrogen-bond donors (Lipinski definition) is 3. The molecular formula is C10H16N4O5S2. The van der Waals surface area contributed by atoms with E-state index in [-0.39, 0.29) is 21.4 Å². The summed E-state index contributed by atoms with van der Waals surface area (Å²) in [7, 11) is -2.50. The normalized spacial score (nSPS) is 12.1. The van der Waals surface area contributed by atoms with E-state index >= 15 is 0 Å². The van der Waals surface area contributed by atoms with Crippen molar-refractivity contribution in [3.63, 3.8) is 0 Å². The van der Waals surface area contributed by atoms with Crippen molar-refractivity contribution in [1.29, 1.82) is 0 Å². The minimum Gasteiger partial charge on any atom is -0.374 e. The lowest BCUT2D eigenvalue weighted by Gasteiger charge is -2.20. The highest BCUT2D eigenvalue weighted by atomic mass is 32.2. The van der Waals surface area contributed by atoms with E-state index in [1.807, 2.05) is 0 Å². The van der Waals surface area contributed by atoms with Crippen LogP contribution in [0.4, 0.5) is 10.7 Å². The van der Waals surface area contributed by atoms with Gasteiger partial charge in [0.25, 0.3) is 0 Å². The van der Waals surface area contributed by atoms with Gasteiger partial charge in [-0.1, -0.05) is 11.3 Å². The van der Waals surface area contributed by atoms with Gasteiger partial charge in [0.05, 0.1) is 10.3 Å². The van der Waals surface area contributed by atoms with Crippen molar-refractivity contribution in [2.75, 3.05) is 18.9 Å². The molecule has 1 amide bonds. The molecule has 0 unspecified atom stereocenters. The Balaban J connectivity index is 3.04. The highest BCUT2D eigenvalue weighted by molar-refractivity contribution is 7.91. The fourth-order valence-corrected chi connectivity index (χ4v) is 3.78. The molecule has 0 aliphatic heterocycles. The van der Waals surface area contributed by atoms with Crippen LogP contribution in [0.5, 0.6) is 0 Å². The molecule has 0 saturated heterocycles. The predicted octanol–water partition coefficient (Wildman–Crippen LogP) is 0.488. The SMILES string of the molecule is CNc1sc(S(=O)(=O)NCC(C)(C)C(N)=O)cc1[N+](=O)[O-]. The van der Waals surface area contributed by atoms with Gasteiger partial charge in [0.15, 0.2) is 5.00 Å². The molecule has 11 heteroatoms. The Bertz CT molecular complexity index is 665. The summed E-state index contributed by atoms with van der Waals surface area (Å²) < 4.78 is 26.2. The molecule has 0 radical (unpaired) electrons. The van der Waals surface area contributed by atoms with E-state index in [0.29, 0.717) is 0 Å². The summed E-state index contributed by atoms with van der Waals surface area (Å²) >= 11 is 0.734. The van der Waals surface area contributed by atoms with Gasteiger partial charge in [0.2, 0.25) is 15.9 Å². The number of anilines is 1. The number of hydrogen-bond acceptors (Lipinski definition) is 7. The number of nitro groups is 1. The fourth-order valence-electron chi connectivity index (χ4n) is 1.24. The maximum Gasteiger partial charge on any atom is 0.304 e. The van der Waals surface area contributed by atoms with Crippen LogP contribution < -0.4 is 15.8 Å². The Morgan fingerprint density at radius 3 is 2.48 bits per heavy atom. The molecule has 118 valence electrons. The Hall–Kier alpha value is -1.72. The Morgan fingerprint density at radius 2 is 2.10 bits per heavy atom. The summed E-state index contributed by atoms with van der Waals surface area (Å²) in [5, 5.41) is 13.5. The monoisotopic (exact) mass is 336 g/mol. The third kappa shape index (κ3) is 3.89. The molecule has 1 rings (SSSR count). The lowest BCUT2D eigenvalue weighted by atomic mass is 9.93. The van der Waals surface area contributed by atoms with Crippen LogP contribution in [0.15, 0.2) is 10.3 Å². The molecular weight excluding hydrogens is 320 g/mol. The first-order chi connectivity index (χ1) is 9.51. The molecule has 4 N–H and O–H groups in total. The average molecular weight is 336 g/mol. The summed E-state index contributed by atoms with van der Waals surface area (Å²) in [4.78, 5) is 21.3. The molecule has 1 aromatic rings. The van der Waals surface area contributed by atoms with Crippen LogP contribution in [0.1, 0.15) is 13.8 Å². The number of thiophene rings is 1. The molecule has 1 aromatic heterocycles. The van der Waals surface area contributed by atoms with Crippen LogP contribution in [0.25, 0.3) is 0 Å². The smallest absolute Gasteiger partial charge is 0.304 e. The van der Waals surface area contributed by atoms with Crippen molar-refractivity contribution < 1.29 is 18.1 Å². The summed E-state index contributed by atoms with van der Waals surface area (Å²) in [6.07, 6.45) is 0. The summed E-state index contributed by atoms with van der Waals surface area (Å²) in [5.74, 6) is -0.654. The highest BCUT2D eigenvalue weighted by Crippen LogP contribution is 2.36. The first-order valence-corrected chi connectivity index (χ1v) is 8.07. The molecule has 9 nitrogen and oxygen atoms in total. The summed E-state index contributed by atoms with van der Waals surface area (Å²) in [5.41, 5.74) is 3.77. The van der Waals surface area contributed by atoms with E-state index < -0.39 is 26.3 Å². The molecule has 0 aliphatic rings. The standard InChI is InChI=1S/C10H16N4O5S2/c1-10(2,9(11)15)5-13-21(18,19)7-4-6(14(16)17)8(12-3)20-7/h4,12-13H,5H2,1-3H3,(H2,11,15). The first kappa shape index (κ1) is 17.3. The molecule has 0 aliphatic carbocycles. The van der Waals surface area contributed by atoms with Gasteiger partial charge < -0.3 is 11.1 Å². The maximum atomic E-state index is 12.1. The lowest BCUT2D eigenvalue weighted by molar-refractivity contribution is -0.383. The number of carbonyl (C=O) groups excluding carboxylic acids is 1. The van der Waals surface area contributed by atoms with Crippen molar-refractivity contribution in [1.82, 2.24) is 4.72 Å². The largest absolute Gasteiger partial charge is 0.374 e. The zero-order valence-corrected chi connectivity index (χ0v) is 13.3. The molecule has 1 heterocycles. The minimum atomic E-state index is -3.96. The maximum absolute atomic E-state index is 12.1. The van der Waals surface area contributed by atoms with E-state index in [9.17, 15) is 23.3 Å². The van der Waals surface area contributed by atoms with Crippen LogP contribution in [0.2, 0.25) is 0 Å². The van der Waals surface area contributed by atoms with E-state index in [1.165, 1.54) is 20.9 Å². The Kier molecular flexibility index (Phi) is 4.91. The van der Waals surface area contributed by atoms with Gasteiger partial charge in [-0.15, -0.1) is 0 Å². The highest BCUT2D eigenvalue weighted by Gasteiger charge is 2.30. The van der Waals surface area contributed by atoms with Gasteiger partial charge in [-0.05, 0) is 13.8 Å². The third-order valence-electron chi connectivity index (χ3n) is 2.75. The van der Waals surface area contributed by atoms with Gasteiger partial charge in [0, 0.05) is 19.7 Å². The number of nitrogens with two attached hydrogens (primary N) is 1. The van der Waals surface area contributed by atoms with E-state index in [1.54, 1.807) is 0 Å². The van der Waals surface area contributed by atoms with Crippen LogP contribution in [-0.4, -0.2) is 32.8 Å². The quantitative estimate of drug-likeness (QED) is 0.488. The molecule has 0 saturated carbocycles. The second-order valence-corrected chi connectivity index (χ2v) is 7.91. The molecule has 0 fully saturated rings. The number of amides is 1. The predicted molar refractivity (Wildman–Crippen MR) is 78.7 cm³/mol. The zero-order chi connectivity index (χ0) is 16.4. The second-order valence-electron chi connectivity index (χ2n) is 4.86. The van der Waals surface area contributed by atoms with Gasteiger partial charge >= 0.3 is 5.69 Å². The molecule has 0 aromatic carbocycles. The van der Waals surface area contributed by atoms with Crippen molar-refractivity contribution in [2.45, 2.75) is 18.1 Å². The Labute approximate surface area is 125 Å². The van der Waals surface area contributed by atoms with Crippen molar-refractivity contribution >= 4 is 38.0 Å². The number of primary amides is 1. The first-order valence-electron chi connectivity index (χ1n) is 5.77. The number of rotatable bonds is 7. The third-order valence-corrected chi connectivity index (χ3v) is 5.77. The molecule has 21 heavy (non-hydrogen) atoms. The van der Waals surface area contributed by atoms with Crippen LogP contribution in [0, 0.1) is 15.5 Å². The number of nitrogens with one attached hydrogen (secondary N) is 2. The lowest BCUT2D eigenvalue weighted by Crippen LogP contribution is -2.42. The average Bonchev–Trinajstić information content (AvgIpc) is 2.81.